The monoisotopic (exact) mass is 404 g/mol. The molecule has 2 heterocycles. The summed E-state index contributed by atoms with van der Waals surface area (Å²) in [5.41, 5.74) is -2.96. The number of ether oxygens (including phenoxy) is 3. The van der Waals surface area contributed by atoms with Crippen LogP contribution in [0.3, 0.4) is 0 Å². The van der Waals surface area contributed by atoms with Gasteiger partial charge in [0, 0.05) is 6.42 Å². The van der Waals surface area contributed by atoms with Crippen LogP contribution in [0.2, 0.25) is 0 Å². The highest BCUT2D eigenvalue weighted by molar-refractivity contribution is 5.89. The molecule has 2 saturated heterocycles. The average molecular weight is 404 g/mol. The molecule has 1 N–H and O–H groups in total. The van der Waals surface area contributed by atoms with E-state index in [2.05, 4.69) is 18.2 Å². The third-order valence-corrected chi connectivity index (χ3v) is 6.72. The third-order valence-electron chi connectivity index (χ3n) is 6.72. The molecular weight excluding hydrogens is 380 g/mol. The van der Waals surface area contributed by atoms with Crippen LogP contribution in [0.4, 0.5) is 0 Å². The van der Waals surface area contributed by atoms with Crippen LogP contribution in [-0.4, -0.2) is 18.3 Å². The smallest absolute Gasteiger partial charge is 0.217 e. The van der Waals surface area contributed by atoms with E-state index in [-0.39, 0.29) is 5.90 Å². The van der Waals surface area contributed by atoms with Crippen LogP contribution >= 0.6 is 0 Å². The topological polar surface area (TPSA) is 123 Å². The van der Waals surface area contributed by atoms with Gasteiger partial charge in [-0.1, -0.05) is 31.9 Å². The van der Waals surface area contributed by atoms with Gasteiger partial charge < -0.3 is 14.2 Å². The molecule has 0 radical (unpaired) electrons. The van der Waals surface area contributed by atoms with Gasteiger partial charge in [-0.15, -0.1) is 0 Å². The fraction of sp³-hybridized carbons (Fsp3) is 0.565. The number of nitrogens with zero attached hydrogens (tertiary/aromatic N) is 3. The normalized spacial score (nSPS) is 33.7. The van der Waals surface area contributed by atoms with E-state index in [9.17, 15) is 15.8 Å². The van der Waals surface area contributed by atoms with Gasteiger partial charge in [0.2, 0.25) is 17.1 Å². The molecule has 0 amide bonds. The van der Waals surface area contributed by atoms with Crippen LogP contribution in [0, 0.1) is 56.2 Å². The summed E-state index contributed by atoms with van der Waals surface area (Å²) in [6.07, 6.45) is 3.63. The average Bonchev–Trinajstić information content (AvgIpc) is 2.89. The quantitative estimate of drug-likeness (QED) is 0.794. The summed E-state index contributed by atoms with van der Waals surface area (Å²) in [5, 5.41) is 39.4. The molecule has 0 spiro atoms. The van der Waals surface area contributed by atoms with Crippen LogP contribution in [-0.2, 0) is 9.47 Å². The first kappa shape index (κ1) is 20.2. The van der Waals surface area contributed by atoms with Crippen molar-refractivity contribution >= 4 is 5.90 Å². The second-order valence-electron chi connectivity index (χ2n) is 8.26. The summed E-state index contributed by atoms with van der Waals surface area (Å²) in [6, 6.07) is 13.5. The molecule has 154 valence electrons. The number of hydrogen-bond donors (Lipinski definition) is 1. The maximum atomic E-state index is 10.3. The van der Waals surface area contributed by atoms with Crippen molar-refractivity contribution in [1.29, 1.82) is 21.2 Å². The highest BCUT2D eigenvalue weighted by Crippen LogP contribution is 2.69. The maximum Gasteiger partial charge on any atom is 0.217 e. The van der Waals surface area contributed by atoms with Gasteiger partial charge in [-0.2, -0.15) is 15.8 Å². The molecule has 1 aliphatic carbocycles. The largest absolute Gasteiger partial charge is 0.494 e. The lowest BCUT2D eigenvalue weighted by Gasteiger charge is -2.49. The minimum Gasteiger partial charge on any atom is -0.494 e. The van der Waals surface area contributed by atoms with Crippen LogP contribution in [0.15, 0.2) is 24.3 Å². The third kappa shape index (κ3) is 2.47. The Bertz CT molecular complexity index is 956. The molecule has 4 unspecified atom stereocenters. The fourth-order valence-electron chi connectivity index (χ4n) is 5.30. The molecule has 3 fully saturated rings. The summed E-state index contributed by atoms with van der Waals surface area (Å²) >= 11 is 0. The van der Waals surface area contributed by atoms with Crippen molar-refractivity contribution in [3.8, 4) is 24.0 Å². The van der Waals surface area contributed by atoms with Gasteiger partial charge in [0.05, 0.1) is 30.7 Å². The van der Waals surface area contributed by atoms with Gasteiger partial charge in [-0.3, -0.25) is 5.41 Å². The van der Waals surface area contributed by atoms with Gasteiger partial charge in [-0.05, 0) is 37.0 Å². The molecule has 7 heteroatoms. The Labute approximate surface area is 176 Å². The SMILES string of the molecule is CCCOc1ccc(C2OC34CCCCCC3C(C#N)(C(=N)O4)C2(C#N)C#N)cc1. The highest BCUT2D eigenvalue weighted by atomic mass is 16.7. The first-order chi connectivity index (χ1) is 14.5. The molecule has 1 saturated carbocycles. The van der Waals surface area contributed by atoms with E-state index < -0.39 is 28.6 Å². The Hall–Kier alpha value is -3.08. The molecular formula is C23H24N4O3. The predicted molar refractivity (Wildman–Crippen MR) is 106 cm³/mol. The van der Waals surface area contributed by atoms with Gasteiger partial charge in [0.15, 0.2) is 5.41 Å². The summed E-state index contributed by atoms with van der Waals surface area (Å²) in [5.74, 6) is -1.30. The molecule has 7 nitrogen and oxygen atoms in total. The van der Waals surface area contributed by atoms with E-state index in [0.717, 1.165) is 25.7 Å². The fourth-order valence-corrected chi connectivity index (χ4v) is 5.30. The molecule has 1 aromatic rings. The van der Waals surface area contributed by atoms with Crippen molar-refractivity contribution in [2.75, 3.05) is 6.61 Å². The Kier molecular flexibility index (Phi) is 4.92. The van der Waals surface area contributed by atoms with Gasteiger partial charge in [0.1, 0.15) is 11.9 Å². The van der Waals surface area contributed by atoms with E-state index >= 15 is 0 Å². The van der Waals surface area contributed by atoms with Crippen molar-refractivity contribution < 1.29 is 14.2 Å². The van der Waals surface area contributed by atoms with Crippen LogP contribution in [0.5, 0.6) is 5.75 Å². The maximum absolute atomic E-state index is 10.3. The number of nitrogens with one attached hydrogen (secondary N) is 1. The standard InChI is InChI=1S/C23H24N4O3/c1-2-12-28-17-9-7-16(8-10-17)19-21(13-24,14-25)22(15-26)18-6-4-3-5-11-23(18,29-19)30-20(22)27/h7-10,18-19,27H,2-6,11-12H2,1H3. The van der Waals surface area contributed by atoms with Crippen molar-refractivity contribution in [3.05, 3.63) is 29.8 Å². The van der Waals surface area contributed by atoms with Crippen molar-refractivity contribution in [3.63, 3.8) is 0 Å². The molecule has 2 aliphatic heterocycles. The minimum atomic E-state index is -1.89. The summed E-state index contributed by atoms with van der Waals surface area (Å²) < 4.78 is 18.0. The van der Waals surface area contributed by atoms with E-state index in [0.29, 0.717) is 30.8 Å². The molecule has 3 aliphatic rings. The predicted octanol–water partition coefficient (Wildman–Crippen LogP) is 4.37. The van der Waals surface area contributed by atoms with E-state index in [1.165, 1.54) is 0 Å². The number of hydrogen-bond acceptors (Lipinski definition) is 7. The minimum absolute atomic E-state index is 0.314. The summed E-state index contributed by atoms with van der Waals surface area (Å²) in [7, 11) is 0. The second kappa shape index (κ2) is 7.31. The Balaban J connectivity index is 1.86. The summed E-state index contributed by atoms with van der Waals surface area (Å²) in [4.78, 5) is 0. The summed E-state index contributed by atoms with van der Waals surface area (Å²) in [6.45, 7) is 2.61. The Morgan fingerprint density at radius 3 is 2.47 bits per heavy atom. The van der Waals surface area contributed by atoms with Gasteiger partial charge in [0.25, 0.3) is 0 Å². The molecule has 0 aromatic heterocycles. The van der Waals surface area contributed by atoms with Crippen LogP contribution < -0.4 is 4.74 Å². The second-order valence-corrected chi connectivity index (χ2v) is 8.26. The zero-order chi connectivity index (χ0) is 21.4. The number of rotatable bonds is 4. The number of benzene rings is 1. The Morgan fingerprint density at radius 1 is 1.10 bits per heavy atom. The lowest BCUT2D eigenvalue weighted by molar-refractivity contribution is -0.284. The Morgan fingerprint density at radius 2 is 1.83 bits per heavy atom. The van der Waals surface area contributed by atoms with Crippen LogP contribution in [0.25, 0.3) is 0 Å². The molecule has 1 aromatic carbocycles. The van der Waals surface area contributed by atoms with Gasteiger partial charge >= 0.3 is 0 Å². The first-order valence-corrected chi connectivity index (χ1v) is 10.5. The molecule has 4 atom stereocenters. The first-order valence-electron chi connectivity index (χ1n) is 10.5. The lowest BCUT2D eigenvalue weighted by atomic mass is 9.52. The van der Waals surface area contributed by atoms with Gasteiger partial charge in [-0.25, -0.2) is 0 Å². The van der Waals surface area contributed by atoms with Crippen LogP contribution in [0.1, 0.15) is 57.1 Å². The lowest BCUT2D eigenvalue weighted by Crippen LogP contribution is -2.59. The van der Waals surface area contributed by atoms with Crippen molar-refractivity contribution in [2.24, 2.45) is 16.7 Å². The molecule has 4 rings (SSSR count). The number of nitriles is 3. The molecule has 2 bridgehead atoms. The van der Waals surface area contributed by atoms with Crippen molar-refractivity contribution in [1.82, 2.24) is 0 Å². The highest BCUT2D eigenvalue weighted by Gasteiger charge is 2.80. The van der Waals surface area contributed by atoms with E-state index in [4.69, 9.17) is 19.6 Å². The zero-order valence-corrected chi connectivity index (χ0v) is 17.0. The zero-order valence-electron chi connectivity index (χ0n) is 17.0. The molecule has 30 heavy (non-hydrogen) atoms. The van der Waals surface area contributed by atoms with E-state index in [1.54, 1.807) is 24.3 Å². The van der Waals surface area contributed by atoms with E-state index in [1.807, 2.05) is 6.92 Å². The van der Waals surface area contributed by atoms with Crippen molar-refractivity contribution in [2.45, 2.75) is 57.3 Å².